The fourth-order valence-electron chi connectivity index (χ4n) is 2.11. The van der Waals surface area contributed by atoms with Crippen molar-refractivity contribution in [2.24, 2.45) is 0 Å². The molecule has 0 aliphatic rings. The van der Waals surface area contributed by atoms with Crippen LogP contribution in [0, 0.1) is 0 Å². The molecule has 0 heterocycles. The Morgan fingerprint density at radius 1 is 0.800 bits per heavy atom. The third kappa shape index (κ3) is 8.92. The molecule has 1 heteroatoms. The SMILES string of the molecule is CCCCC(C)NC(CCC)CCCC. The third-order valence-electron chi connectivity index (χ3n) is 3.05. The normalized spacial score (nSPS) is 15.2. The summed E-state index contributed by atoms with van der Waals surface area (Å²) in [4.78, 5) is 0. The van der Waals surface area contributed by atoms with Crippen LogP contribution in [-0.4, -0.2) is 12.1 Å². The Hall–Kier alpha value is -0.0400. The van der Waals surface area contributed by atoms with Crippen molar-refractivity contribution in [3.05, 3.63) is 0 Å². The monoisotopic (exact) mass is 213 g/mol. The molecule has 1 N–H and O–H groups in total. The summed E-state index contributed by atoms with van der Waals surface area (Å²) in [6.45, 7) is 9.18. The van der Waals surface area contributed by atoms with Crippen LogP contribution >= 0.6 is 0 Å². The standard InChI is InChI=1S/C14H31N/c1-5-8-11-13(4)15-14(10-7-3)12-9-6-2/h13-15H,5-12H2,1-4H3. The first-order valence-corrected chi connectivity index (χ1v) is 7.00. The number of nitrogens with one attached hydrogen (secondary N) is 1. The minimum atomic E-state index is 0.707. The lowest BCUT2D eigenvalue weighted by Crippen LogP contribution is -2.36. The van der Waals surface area contributed by atoms with Gasteiger partial charge in [-0.1, -0.05) is 52.9 Å². The maximum atomic E-state index is 3.79. The average molecular weight is 213 g/mol. The first-order valence-electron chi connectivity index (χ1n) is 7.00. The highest BCUT2D eigenvalue weighted by molar-refractivity contribution is 4.71. The third-order valence-corrected chi connectivity index (χ3v) is 3.05. The Kier molecular flexibility index (Phi) is 10.4. The number of hydrogen-bond acceptors (Lipinski definition) is 1. The molecule has 0 spiro atoms. The van der Waals surface area contributed by atoms with Crippen molar-refractivity contribution >= 4 is 0 Å². The molecule has 0 saturated carbocycles. The molecule has 0 radical (unpaired) electrons. The lowest BCUT2D eigenvalue weighted by Gasteiger charge is -2.23. The second-order valence-electron chi connectivity index (χ2n) is 4.84. The topological polar surface area (TPSA) is 12.0 Å². The summed E-state index contributed by atoms with van der Waals surface area (Å²) in [5.41, 5.74) is 0. The van der Waals surface area contributed by atoms with Crippen LogP contribution in [0.15, 0.2) is 0 Å². The predicted octanol–water partition coefficient (Wildman–Crippen LogP) is 4.51. The van der Waals surface area contributed by atoms with Gasteiger partial charge in [0.15, 0.2) is 0 Å². The van der Waals surface area contributed by atoms with E-state index in [4.69, 9.17) is 0 Å². The molecule has 2 atom stereocenters. The Morgan fingerprint density at radius 2 is 1.40 bits per heavy atom. The fourth-order valence-corrected chi connectivity index (χ4v) is 2.11. The molecule has 2 unspecified atom stereocenters. The van der Waals surface area contributed by atoms with Gasteiger partial charge in [0.05, 0.1) is 0 Å². The van der Waals surface area contributed by atoms with E-state index in [1.54, 1.807) is 0 Å². The van der Waals surface area contributed by atoms with Gasteiger partial charge in [-0.15, -0.1) is 0 Å². The fraction of sp³-hybridized carbons (Fsp3) is 1.00. The largest absolute Gasteiger partial charge is 0.312 e. The molecule has 0 aromatic heterocycles. The zero-order valence-electron chi connectivity index (χ0n) is 11.3. The van der Waals surface area contributed by atoms with E-state index in [0.717, 1.165) is 6.04 Å². The van der Waals surface area contributed by atoms with Gasteiger partial charge in [0.2, 0.25) is 0 Å². The van der Waals surface area contributed by atoms with E-state index in [2.05, 4.69) is 33.0 Å². The molecular formula is C14H31N. The molecule has 92 valence electrons. The van der Waals surface area contributed by atoms with Crippen molar-refractivity contribution in [1.82, 2.24) is 5.32 Å². The van der Waals surface area contributed by atoms with Crippen molar-refractivity contribution in [3.63, 3.8) is 0 Å². The van der Waals surface area contributed by atoms with Crippen LogP contribution in [0.5, 0.6) is 0 Å². The van der Waals surface area contributed by atoms with Crippen LogP contribution in [0.3, 0.4) is 0 Å². The molecule has 0 fully saturated rings. The zero-order chi connectivity index (χ0) is 11.5. The highest BCUT2D eigenvalue weighted by Crippen LogP contribution is 2.09. The molecule has 15 heavy (non-hydrogen) atoms. The number of unbranched alkanes of at least 4 members (excludes halogenated alkanes) is 2. The number of rotatable bonds is 10. The van der Waals surface area contributed by atoms with Gasteiger partial charge < -0.3 is 5.32 Å². The molecular weight excluding hydrogens is 182 g/mol. The van der Waals surface area contributed by atoms with E-state index in [9.17, 15) is 0 Å². The van der Waals surface area contributed by atoms with Gasteiger partial charge in [-0.05, 0) is 26.2 Å². The quantitative estimate of drug-likeness (QED) is 0.563. The predicted molar refractivity (Wildman–Crippen MR) is 70.3 cm³/mol. The first-order chi connectivity index (χ1) is 7.24. The summed E-state index contributed by atoms with van der Waals surface area (Å²) in [6.07, 6.45) is 10.7. The molecule has 0 aliphatic heterocycles. The van der Waals surface area contributed by atoms with E-state index in [1.807, 2.05) is 0 Å². The number of hydrogen-bond donors (Lipinski definition) is 1. The second kappa shape index (κ2) is 10.5. The molecule has 0 aromatic carbocycles. The molecule has 0 bridgehead atoms. The molecule has 0 aromatic rings. The molecule has 0 rings (SSSR count). The molecule has 0 amide bonds. The lowest BCUT2D eigenvalue weighted by atomic mass is 10.0. The van der Waals surface area contributed by atoms with Crippen LogP contribution in [0.2, 0.25) is 0 Å². The van der Waals surface area contributed by atoms with E-state index in [1.165, 1.54) is 51.4 Å². The highest BCUT2D eigenvalue weighted by atomic mass is 14.9. The summed E-state index contributed by atoms with van der Waals surface area (Å²) < 4.78 is 0. The van der Waals surface area contributed by atoms with Crippen molar-refractivity contribution in [3.8, 4) is 0 Å². The van der Waals surface area contributed by atoms with Gasteiger partial charge in [0.25, 0.3) is 0 Å². The minimum Gasteiger partial charge on any atom is -0.312 e. The Labute approximate surface area is 97.0 Å². The summed E-state index contributed by atoms with van der Waals surface area (Å²) >= 11 is 0. The summed E-state index contributed by atoms with van der Waals surface area (Å²) in [5.74, 6) is 0. The maximum Gasteiger partial charge on any atom is 0.00694 e. The lowest BCUT2D eigenvalue weighted by molar-refractivity contribution is 0.374. The van der Waals surface area contributed by atoms with Gasteiger partial charge >= 0.3 is 0 Å². The van der Waals surface area contributed by atoms with Gasteiger partial charge in [-0.3, -0.25) is 0 Å². The molecule has 0 aliphatic carbocycles. The van der Waals surface area contributed by atoms with E-state index < -0.39 is 0 Å². The van der Waals surface area contributed by atoms with Crippen molar-refractivity contribution < 1.29 is 0 Å². The summed E-state index contributed by atoms with van der Waals surface area (Å²) in [5, 5.41) is 3.79. The van der Waals surface area contributed by atoms with Crippen LogP contribution < -0.4 is 5.32 Å². The van der Waals surface area contributed by atoms with Crippen molar-refractivity contribution in [1.29, 1.82) is 0 Å². The van der Waals surface area contributed by atoms with Crippen LogP contribution in [0.4, 0.5) is 0 Å². The van der Waals surface area contributed by atoms with E-state index >= 15 is 0 Å². The van der Waals surface area contributed by atoms with Crippen molar-refractivity contribution in [2.75, 3.05) is 0 Å². The van der Waals surface area contributed by atoms with Gasteiger partial charge in [0, 0.05) is 12.1 Å². The average Bonchev–Trinajstić information content (AvgIpc) is 2.23. The van der Waals surface area contributed by atoms with Crippen LogP contribution in [0.1, 0.15) is 79.1 Å². The van der Waals surface area contributed by atoms with Gasteiger partial charge in [-0.25, -0.2) is 0 Å². The molecule has 0 saturated heterocycles. The molecule has 1 nitrogen and oxygen atoms in total. The Balaban J connectivity index is 3.70. The van der Waals surface area contributed by atoms with Crippen LogP contribution in [-0.2, 0) is 0 Å². The van der Waals surface area contributed by atoms with Crippen molar-refractivity contribution in [2.45, 2.75) is 91.1 Å². The van der Waals surface area contributed by atoms with E-state index in [-0.39, 0.29) is 0 Å². The maximum absolute atomic E-state index is 3.79. The van der Waals surface area contributed by atoms with Gasteiger partial charge in [0.1, 0.15) is 0 Å². The summed E-state index contributed by atoms with van der Waals surface area (Å²) in [7, 11) is 0. The Bertz CT molecular complexity index is 123. The van der Waals surface area contributed by atoms with E-state index in [0.29, 0.717) is 6.04 Å². The van der Waals surface area contributed by atoms with Gasteiger partial charge in [-0.2, -0.15) is 0 Å². The summed E-state index contributed by atoms with van der Waals surface area (Å²) in [6, 6.07) is 1.47. The Morgan fingerprint density at radius 3 is 1.93 bits per heavy atom. The first kappa shape index (κ1) is 15.0. The minimum absolute atomic E-state index is 0.707. The van der Waals surface area contributed by atoms with Crippen LogP contribution in [0.25, 0.3) is 0 Å². The second-order valence-corrected chi connectivity index (χ2v) is 4.84. The highest BCUT2D eigenvalue weighted by Gasteiger charge is 2.10. The zero-order valence-corrected chi connectivity index (χ0v) is 11.3. The smallest absolute Gasteiger partial charge is 0.00694 e.